The van der Waals surface area contributed by atoms with E-state index < -0.39 is 0 Å². The Hall–Kier alpha value is -1.34. The zero-order valence-electron chi connectivity index (χ0n) is 16.1. The molecule has 1 heterocycles. The summed E-state index contributed by atoms with van der Waals surface area (Å²) >= 11 is 12.2. The van der Waals surface area contributed by atoms with E-state index in [0.29, 0.717) is 22.3 Å². The number of hydrogen-bond acceptors (Lipinski definition) is 4. The molecule has 2 rings (SSSR count). The Bertz CT molecular complexity index is 656. The number of rotatable bonds is 5. The average molecular weight is 415 g/mol. The molecule has 0 saturated carbocycles. The molecule has 0 atom stereocenters. The topological polar surface area (TPSA) is 64.7 Å². The summed E-state index contributed by atoms with van der Waals surface area (Å²) in [6, 6.07) is 5.12. The third kappa shape index (κ3) is 7.66. The SMILES string of the molecule is CC(C)(C)NC(=O)CN1CCCN(CC(=O)Nc2c(Cl)cccc2Cl)CC1. The van der Waals surface area contributed by atoms with E-state index in [4.69, 9.17) is 23.2 Å². The number of anilines is 1. The lowest BCUT2D eigenvalue weighted by Crippen LogP contribution is -2.46. The Kier molecular flexibility index (Phi) is 7.91. The van der Waals surface area contributed by atoms with Crippen LogP contribution in [0.2, 0.25) is 10.0 Å². The van der Waals surface area contributed by atoms with E-state index in [1.807, 2.05) is 20.8 Å². The molecule has 150 valence electrons. The fraction of sp³-hybridized carbons (Fsp3) is 0.579. The van der Waals surface area contributed by atoms with Gasteiger partial charge in [-0.3, -0.25) is 19.4 Å². The number of nitrogens with one attached hydrogen (secondary N) is 2. The number of para-hydroxylation sites is 1. The van der Waals surface area contributed by atoms with Gasteiger partial charge >= 0.3 is 0 Å². The Morgan fingerprint density at radius 3 is 2.00 bits per heavy atom. The zero-order valence-corrected chi connectivity index (χ0v) is 17.7. The Morgan fingerprint density at radius 2 is 1.48 bits per heavy atom. The zero-order chi connectivity index (χ0) is 20.0. The standard InChI is InChI=1S/C19H28Cl2N4O2/c1-19(2,3)23-17(27)13-25-9-5-8-24(10-11-25)12-16(26)22-18-14(20)6-4-7-15(18)21/h4,6-7H,5,8-13H2,1-3H3,(H,22,26)(H,23,27). The fourth-order valence-corrected chi connectivity index (χ4v) is 3.49. The van der Waals surface area contributed by atoms with E-state index >= 15 is 0 Å². The van der Waals surface area contributed by atoms with Crippen molar-refractivity contribution in [2.24, 2.45) is 0 Å². The van der Waals surface area contributed by atoms with Gasteiger partial charge in [-0.15, -0.1) is 0 Å². The first-order valence-corrected chi connectivity index (χ1v) is 9.89. The molecule has 2 amide bonds. The molecule has 1 aliphatic rings. The van der Waals surface area contributed by atoms with E-state index in [-0.39, 0.29) is 23.9 Å². The Morgan fingerprint density at radius 1 is 0.963 bits per heavy atom. The molecule has 0 aromatic heterocycles. The number of benzene rings is 1. The van der Waals surface area contributed by atoms with Crippen molar-refractivity contribution in [1.29, 1.82) is 0 Å². The van der Waals surface area contributed by atoms with Gasteiger partial charge in [-0.25, -0.2) is 0 Å². The summed E-state index contributed by atoms with van der Waals surface area (Å²) < 4.78 is 0. The van der Waals surface area contributed by atoms with Crippen LogP contribution in [0.15, 0.2) is 18.2 Å². The number of carbonyl (C=O) groups excluding carboxylic acids is 2. The third-order valence-electron chi connectivity index (χ3n) is 4.16. The first kappa shape index (κ1) is 22.0. The van der Waals surface area contributed by atoms with Crippen molar-refractivity contribution in [2.75, 3.05) is 44.6 Å². The molecule has 1 saturated heterocycles. The fourth-order valence-electron chi connectivity index (χ4n) is 3.00. The van der Waals surface area contributed by atoms with E-state index in [1.54, 1.807) is 18.2 Å². The molecular formula is C19H28Cl2N4O2. The minimum Gasteiger partial charge on any atom is -0.350 e. The van der Waals surface area contributed by atoms with Gasteiger partial charge in [0.25, 0.3) is 0 Å². The van der Waals surface area contributed by atoms with E-state index in [1.165, 1.54) is 0 Å². The van der Waals surface area contributed by atoms with Crippen molar-refractivity contribution in [3.05, 3.63) is 28.2 Å². The van der Waals surface area contributed by atoms with Crippen LogP contribution in [0.3, 0.4) is 0 Å². The van der Waals surface area contributed by atoms with Crippen LogP contribution < -0.4 is 10.6 Å². The van der Waals surface area contributed by atoms with Crippen molar-refractivity contribution in [2.45, 2.75) is 32.7 Å². The maximum absolute atomic E-state index is 12.4. The predicted octanol–water partition coefficient (Wildman–Crippen LogP) is 2.85. The molecule has 1 aromatic rings. The summed E-state index contributed by atoms with van der Waals surface area (Å²) in [7, 11) is 0. The summed E-state index contributed by atoms with van der Waals surface area (Å²) in [6.07, 6.45) is 0.906. The molecule has 0 bridgehead atoms. The summed E-state index contributed by atoms with van der Waals surface area (Å²) in [5.74, 6) is -0.119. The van der Waals surface area contributed by atoms with Crippen LogP contribution >= 0.6 is 23.2 Å². The normalized spacial score (nSPS) is 16.6. The lowest BCUT2D eigenvalue weighted by molar-refractivity contribution is -0.123. The summed E-state index contributed by atoms with van der Waals surface area (Å²) in [5, 5.41) is 6.62. The highest BCUT2D eigenvalue weighted by atomic mass is 35.5. The molecule has 1 aromatic carbocycles. The van der Waals surface area contributed by atoms with Gasteiger partial charge in [0.1, 0.15) is 0 Å². The lowest BCUT2D eigenvalue weighted by Gasteiger charge is -2.25. The molecule has 1 aliphatic heterocycles. The maximum Gasteiger partial charge on any atom is 0.238 e. The van der Waals surface area contributed by atoms with Crippen LogP contribution in [-0.2, 0) is 9.59 Å². The lowest BCUT2D eigenvalue weighted by atomic mass is 10.1. The molecule has 0 unspecified atom stereocenters. The number of amides is 2. The van der Waals surface area contributed by atoms with Gasteiger partial charge in [-0.2, -0.15) is 0 Å². The van der Waals surface area contributed by atoms with Crippen LogP contribution in [0.4, 0.5) is 5.69 Å². The second-order valence-corrected chi connectivity index (χ2v) is 8.66. The van der Waals surface area contributed by atoms with Gasteiger partial charge in [0, 0.05) is 18.6 Å². The average Bonchev–Trinajstić information content (AvgIpc) is 2.74. The van der Waals surface area contributed by atoms with Gasteiger partial charge in [0.2, 0.25) is 11.8 Å². The highest BCUT2D eigenvalue weighted by molar-refractivity contribution is 6.39. The van der Waals surface area contributed by atoms with E-state index in [9.17, 15) is 9.59 Å². The van der Waals surface area contributed by atoms with Gasteiger partial charge in [0.15, 0.2) is 0 Å². The maximum atomic E-state index is 12.4. The van der Waals surface area contributed by atoms with Gasteiger partial charge in [-0.1, -0.05) is 29.3 Å². The smallest absolute Gasteiger partial charge is 0.238 e. The summed E-state index contributed by atoms with van der Waals surface area (Å²) in [6.45, 7) is 9.68. The number of halogens is 2. The predicted molar refractivity (Wildman–Crippen MR) is 110 cm³/mol. The van der Waals surface area contributed by atoms with Crippen molar-refractivity contribution >= 4 is 40.7 Å². The molecule has 1 fully saturated rings. The van der Waals surface area contributed by atoms with E-state index in [0.717, 1.165) is 32.6 Å². The molecule has 27 heavy (non-hydrogen) atoms. The van der Waals surface area contributed by atoms with Crippen molar-refractivity contribution in [3.63, 3.8) is 0 Å². The third-order valence-corrected chi connectivity index (χ3v) is 4.79. The van der Waals surface area contributed by atoms with Crippen LogP contribution in [0, 0.1) is 0 Å². The molecule has 2 N–H and O–H groups in total. The highest BCUT2D eigenvalue weighted by Gasteiger charge is 2.21. The molecule has 8 heteroatoms. The van der Waals surface area contributed by atoms with E-state index in [2.05, 4.69) is 20.4 Å². The van der Waals surface area contributed by atoms with Crippen molar-refractivity contribution in [1.82, 2.24) is 15.1 Å². The second-order valence-electron chi connectivity index (χ2n) is 7.85. The highest BCUT2D eigenvalue weighted by Crippen LogP contribution is 2.29. The van der Waals surface area contributed by atoms with Crippen LogP contribution in [-0.4, -0.2) is 66.4 Å². The molecule has 0 spiro atoms. The van der Waals surface area contributed by atoms with Crippen molar-refractivity contribution < 1.29 is 9.59 Å². The van der Waals surface area contributed by atoms with Crippen LogP contribution in [0.5, 0.6) is 0 Å². The molecule has 0 radical (unpaired) electrons. The molecular weight excluding hydrogens is 387 g/mol. The molecule has 0 aliphatic carbocycles. The monoisotopic (exact) mass is 414 g/mol. The Balaban J connectivity index is 1.82. The van der Waals surface area contributed by atoms with Crippen molar-refractivity contribution in [3.8, 4) is 0 Å². The van der Waals surface area contributed by atoms with Gasteiger partial charge < -0.3 is 10.6 Å². The van der Waals surface area contributed by atoms with Crippen LogP contribution in [0.25, 0.3) is 0 Å². The minimum atomic E-state index is -0.229. The summed E-state index contributed by atoms with van der Waals surface area (Å²) in [4.78, 5) is 28.7. The largest absolute Gasteiger partial charge is 0.350 e. The number of nitrogens with zero attached hydrogens (tertiary/aromatic N) is 2. The van der Waals surface area contributed by atoms with Gasteiger partial charge in [-0.05, 0) is 52.4 Å². The second kappa shape index (κ2) is 9.73. The quantitative estimate of drug-likeness (QED) is 0.777. The molecule has 6 nitrogen and oxygen atoms in total. The number of carbonyl (C=O) groups is 2. The van der Waals surface area contributed by atoms with Crippen LogP contribution in [0.1, 0.15) is 27.2 Å². The number of hydrogen-bond donors (Lipinski definition) is 2. The summed E-state index contributed by atoms with van der Waals surface area (Å²) in [5.41, 5.74) is 0.216. The first-order chi connectivity index (χ1) is 12.6. The minimum absolute atomic E-state index is 0.0297. The van der Waals surface area contributed by atoms with Gasteiger partial charge in [0.05, 0.1) is 28.8 Å². The Labute approximate surface area is 171 Å². The first-order valence-electron chi connectivity index (χ1n) is 9.13.